The summed E-state index contributed by atoms with van der Waals surface area (Å²) >= 11 is 0. The number of carbonyl (C=O) groups is 1. The van der Waals surface area contributed by atoms with Crippen molar-refractivity contribution in [3.63, 3.8) is 0 Å². The molecule has 27 heavy (non-hydrogen) atoms. The third-order valence-electron chi connectivity index (χ3n) is 4.40. The van der Waals surface area contributed by atoms with Crippen molar-refractivity contribution in [2.45, 2.75) is 52.2 Å². The first-order valence-electron chi connectivity index (χ1n) is 9.28. The maximum absolute atomic E-state index is 12.9. The highest BCUT2D eigenvalue weighted by atomic mass is 16.5. The molecule has 0 spiro atoms. The summed E-state index contributed by atoms with van der Waals surface area (Å²) in [5.74, 6) is 0.554. The zero-order valence-corrected chi connectivity index (χ0v) is 16.6. The maximum Gasteiger partial charge on any atom is 0.263 e. The first kappa shape index (κ1) is 20.5. The molecule has 0 aliphatic rings. The van der Waals surface area contributed by atoms with Crippen LogP contribution in [0.25, 0.3) is 0 Å². The van der Waals surface area contributed by atoms with Crippen LogP contribution in [0.2, 0.25) is 0 Å². The molecule has 4 nitrogen and oxygen atoms in total. The Hall–Kier alpha value is -2.80. The summed E-state index contributed by atoms with van der Waals surface area (Å²) < 4.78 is 5.87. The average molecular weight is 364 g/mol. The molecule has 1 unspecified atom stereocenters. The second-order valence-electron chi connectivity index (χ2n) is 7.69. The van der Waals surface area contributed by atoms with Crippen LogP contribution in [0.3, 0.4) is 0 Å². The third kappa shape index (κ3) is 6.14. The molecule has 0 aromatic heterocycles. The minimum Gasteiger partial charge on any atom is -0.481 e. The SMILES string of the molecule is CC(Oc1ccc(C(C)(C)C)cc1)C(=O)N(CCC#N)Cc1ccccc1. The van der Waals surface area contributed by atoms with E-state index in [1.807, 2.05) is 54.6 Å². The van der Waals surface area contributed by atoms with Crippen LogP contribution in [0.1, 0.15) is 45.2 Å². The lowest BCUT2D eigenvalue weighted by Gasteiger charge is -2.26. The van der Waals surface area contributed by atoms with Gasteiger partial charge in [-0.25, -0.2) is 0 Å². The van der Waals surface area contributed by atoms with Gasteiger partial charge in [0.2, 0.25) is 0 Å². The Labute approximate surface area is 162 Å². The fourth-order valence-electron chi connectivity index (χ4n) is 2.80. The number of hydrogen-bond acceptors (Lipinski definition) is 3. The lowest BCUT2D eigenvalue weighted by atomic mass is 9.87. The van der Waals surface area contributed by atoms with Crippen LogP contribution < -0.4 is 4.74 Å². The van der Waals surface area contributed by atoms with Crippen LogP contribution in [0.15, 0.2) is 54.6 Å². The van der Waals surface area contributed by atoms with Crippen LogP contribution in [0.5, 0.6) is 5.75 Å². The zero-order chi connectivity index (χ0) is 19.9. The monoisotopic (exact) mass is 364 g/mol. The molecule has 0 radical (unpaired) electrons. The molecular formula is C23H28N2O2. The van der Waals surface area contributed by atoms with Gasteiger partial charge in [-0.2, -0.15) is 5.26 Å². The molecule has 142 valence electrons. The lowest BCUT2D eigenvalue weighted by Crippen LogP contribution is -2.40. The van der Waals surface area contributed by atoms with Gasteiger partial charge >= 0.3 is 0 Å². The van der Waals surface area contributed by atoms with Gasteiger partial charge in [0, 0.05) is 13.1 Å². The first-order valence-corrected chi connectivity index (χ1v) is 9.28. The fraction of sp³-hybridized carbons (Fsp3) is 0.391. The molecule has 2 rings (SSSR count). The summed E-state index contributed by atoms with van der Waals surface area (Å²) in [4.78, 5) is 14.6. The molecule has 1 amide bonds. The summed E-state index contributed by atoms with van der Waals surface area (Å²) in [7, 11) is 0. The van der Waals surface area contributed by atoms with E-state index in [0.29, 0.717) is 25.3 Å². The first-order chi connectivity index (χ1) is 12.8. The Morgan fingerprint density at radius 3 is 2.30 bits per heavy atom. The summed E-state index contributed by atoms with van der Waals surface area (Å²) in [6.07, 6.45) is -0.320. The highest BCUT2D eigenvalue weighted by Crippen LogP contribution is 2.24. The minimum absolute atomic E-state index is 0.0732. The van der Waals surface area contributed by atoms with E-state index in [-0.39, 0.29) is 11.3 Å². The van der Waals surface area contributed by atoms with Gasteiger partial charge in [0.15, 0.2) is 6.10 Å². The van der Waals surface area contributed by atoms with Gasteiger partial charge in [-0.3, -0.25) is 4.79 Å². The number of nitriles is 1. The molecule has 0 bridgehead atoms. The Kier molecular flexibility index (Phi) is 7.01. The number of hydrogen-bond donors (Lipinski definition) is 0. The molecule has 4 heteroatoms. The maximum atomic E-state index is 12.9. The molecule has 0 saturated heterocycles. The molecule has 0 N–H and O–H groups in total. The molecule has 0 aliphatic heterocycles. The van der Waals surface area contributed by atoms with Crippen molar-refractivity contribution in [2.75, 3.05) is 6.54 Å². The van der Waals surface area contributed by atoms with Crippen molar-refractivity contribution in [1.29, 1.82) is 5.26 Å². The van der Waals surface area contributed by atoms with Crippen LogP contribution in [-0.4, -0.2) is 23.5 Å². The Bertz CT molecular complexity index is 771. The highest BCUT2D eigenvalue weighted by molar-refractivity contribution is 5.81. The van der Waals surface area contributed by atoms with Gasteiger partial charge in [0.1, 0.15) is 5.75 Å². The van der Waals surface area contributed by atoms with E-state index in [0.717, 1.165) is 5.56 Å². The summed E-state index contributed by atoms with van der Waals surface area (Å²) in [5, 5.41) is 8.91. The molecule has 0 saturated carbocycles. The topological polar surface area (TPSA) is 53.3 Å². The molecular weight excluding hydrogens is 336 g/mol. The van der Waals surface area contributed by atoms with E-state index in [1.54, 1.807) is 11.8 Å². The molecule has 0 aliphatic carbocycles. The zero-order valence-electron chi connectivity index (χ0n) is 16.6. The predicted molar refractivity (Wildman–Crippen MR) is 107 cm³/mol. The molecule has 0 heterocycles. The van der Waals surface area contributed by atoms with Gasteiger partial charge in [-0.15, -0.1) is 0 Å². The van der Waals surface area contributed by atoms with Gasteiger partial charge < -0.3 is 9.64 Å². The molecule has 0 fully saturated rings. The van der Waals surface area contributed by atoms with Crippen LogP contribution >= 0.6 is 0 Å². The summed E-state index contributed by atoms with van der Waals surface area (Å²) in [5.41, 5.74) is 2.32. The van der Waals surface area contributed by atoms with E-state index < -0.39 is 6.10 Å². The second-order valence-corrected chi connectivity index (χ2v) is 7.69. The van der Waals surface area contributed by atoms with E-state index in [9.17, 15) is 4.79 Å². The van der Waals surface area contributed by atoms with Crippen molar-refractivity contribution in [3.05, 3.63) is 65.7 Å². The Morgan fingerprint density at radius 1 is 1.11 bits per heavy atom. The van der Waals surface area contributed by atoms with E-state index >= 15 is 0 Å². The summed E-state index contributed by atoms with van der Waals surface area (Å²) in [6.45, 7) is 9.09. The highest BCUT2D eigenvalue weighted by Gasteiger charge is 2.22. The number of carbonyl (C=O) groups excluding carboxylic acids is 1. The van der Waals surface area contributed by atoms with E-state index in [1.165, 1.54) is 5.56 Å². The number of nitrogens with zero attached hydrogens (tertiary/aromatic N) is 2. The second kappa shape index (κ2) is 9.23. The normalized spacial score (nSPS) is 12.1. The van der Waals surface area contributed by atoms with Gasteiger partial charge in [0.25, 0.3) is 5.91 Å². The van der Waals surface area contributed by atoms with Gasteiger partial charge in [0.05, 0.1) is 12.5 Å². The quantitative estimate of drug-likeness (QED) is 0.716. The fourth-order valence-corrected chi connectivity index (χ4v) is 2.80. The van der Waals surface area contributed by atoms with Gasteiger partial charge in [-0.1, -0.05) is 63.2 Å². The van der Waals surface area contributed by atoms with Crippen LogP contribution in [0, 0.1) is 11.3 Å². The van der Waals surface area contributed by atoms with E-state index in [2.05, 4.69) is 26.8 Å². The Morgan fingerprint density at radius 2 is 1.74 bits per heavy atom. The van der Waals surface area contributed by atoms with Crippen molar-refractivity contribution in [2.24, 2.45) is 0 Å². The average Bonchev–Trinajstić information content (AvgIpc) is 2.65. The van der Waals surface area contributed by atoms with Crippen molar-refractivity contribution in [3.8, 4) is 11.8 Å². The van der Waals surface area contributed by atoms with E-state index in [4.69, 9.17) is 10.00 Å². The molecule has 1 atom stereocenters. The van der Waals surface area contributed by atoms with Crippen molar-refractivity contribution < 1.29 is 9.53 Å². The number of rotatable bonds is 7. The lowest BCUT2D eigenvalue weighted by molar-refractivity contribution is -0.138. The Balaban J connectivity index is 2.06. The van der Waals surface area contributed by atoms with Gasteiger partial charge in [-0.05, 0) is 35.6 Å². The summed E-state index contributed by atoms with van der Waals surface area (Å²) in [6, 6.07) is 19.8. The number of ether oxygens (including phenoxy) is 1. The third-order valence-corrected chi connectivity index (χ3v) is 4.40. The predicted octanol–water partition coefficient (Wildman–Crippen LogP) is 4.69. The molecule has 2 aromatic rings. The minimum atomic E-state index is -0.618. The largest absolute Gasteiger partial charge is 0.481 e. The smallest absolute Gasteiger partial charge is 0.263 e. The van der Waals surface area contributed by atoms with Crippen LogP contribution in [-0.2, 0) is 16.8 Å². The van der Waals surface area contributed by atoms with Crippen molar-refractivity contribution >= 4 is 5.91 Å². The van der Waals surface area contributed by atoms with Crippen LogP contribution in [0.4, 0.5) is 0 Å². The van der Waals surface area contributed by atoms with Crippen molar-refractivity contribution in [1.82, 2.24) is 4.90 Å². The standard InChI is InChI=1S/C23H28N2O2/c1-18(27-21-13-11-20(12-14-21)23(2,3)4)22(26)25(16-8-15-24)17-19-9-6-5-7-10-19/h5-7,9-14,18H,8,16-17H2,1-4H3. The molecule has 2 aromatic carbocycles. The number of amides is 1. The number of benzene rings is 2.